The molecule has 1 fully saturated rings. The summed E-state index contributed by atoms with van der Waals surface area (Å²) in [4.78, 5) is 42.2. The van der Waals surface area contributed by atoms with Crippen LogP contribution in [0.25, 0.3) is 0 Å². The van der Waals surface area contributed by atoms with Gasteiger partial charge < -0.3 is 20.9 Å². The minimum absolute atomic E-state index is 0.133. The zero-order valence-electron chi connectivity index (χ0n) is 19.3. The van der Waals surface area contributed by atoms with Gasteiger partial charge in [-0.2, -0.15) is 0 Å². The third-order valence-electron chi connectivity index (χ3n) is 5.43. The SMILES string of the molecule is CC(C)(C)CC(=O)N1CCN(C(=O)c2cccc(F)c2)C1C(=O)NCc1cccc(CN)c1. The summed E-state index contributed by atoms with van der Waals surface area (Å²) < 4.78 is 13.7. The Labute approximate surface area is 193 Å². The number of nitrogens with one attached hydrogen (secondary N) is 1. The quantitative estimate of drug-likeness (QED) is 0.702. The molecule has 0 saturated carbocycles. The van der Waals surface area contributed by atoms with Crippen molar-refractivity contribution < 1.29 is 18.8 Å². The molecule has 1 atom stereocenters. The molecule has 0 bridgehead atoms. The molecule has 1 aliphatic rings. The third-order valence-corrected chi connectivity index (χ3v) is 5.43. The van der Waals surface area contributed by atoms with E-state index >= 15 is 0 Å². The maximum atomic E-state index is 13.7. The Morgan fingerprint density at radius 1 is 1.03 bits per heavy atom. The molecule has 1 heterocycles. The molecular formula is C25H31FN4O3. The van der Waals surface area contributed by atoms with Crippen molar-refractivity contribution >= 4 is 17.7 Å². The van der Waals surface area contributed by atoms with Crippen molar-refractivity contribution in [1.29, 1.82) is 0 Å². The second-order valence-electron chi connectivity index (χ2n) is 9.45. The molecule has 3 amide bonds. The molecule has 1 saturated heterocycles. The van der Waals surface area contributed by atoms with Crippen LogP contribution in [-0.2, 0) is 22.7 Å². The first-order chi connectivity index (χ1) is 15.6. The summed E-state index contributed by atoms with van der Waals surface area (Å²) in [6, 6.07) is 12.8. The van der Waals surface area contributed by atoms with Crippen molar-refractivity contribution in [2.75, 3.05) is 13.1 Å². The Balaban J connectivity index is 1.83. The first kappa shape index (κ1) is 24.4. The van der Waals surface area contributed by atoms with Crippen molar-refractivity contribution in [3.63, 3.8) is 0 Å². The molecule has 2 aromatic rings. The van der Waals surface area contributed by atoms with E-state index in [9.17, 15) is 18.8 Å². The molecule has 33 heavy (non-hydrogen) atoms. The second kappa shape index (κ2) is 10.1. The maximum Gasteiger partial charge on any atom is 0.264 e. The predicted molar refractivity (Wildman–Crippen MR) is 123 cm³/mol. The van der Waals surface area contributed by atoms with E-state index in [-0.39, 0.29) is 42.9 Å². The zero-order valence-corrected chi connectivity index (χ0v) is 19.3. The van der Waals surface area contributed by atoms with Gasteiger partial charge in [-0.25, -0.2) is 4.39 Å². The minimum atomic E-state index is -1.10. The Morgan fingerprint density at radius 2 is 1.70 bits per heavy atom. The summed E-state index contributed by atoms with van der Waals surface area (Å²) in [7, 11) is 0. The van der Waals surface area contributed by atoms with Gasteiger partial charge in [-0.05, 0) is 34.7 Å². The molecule has 0 spiro atoms. The molecule has 0 radical (unpaired) electrons. The highest BCUT2D eigenvalue weighted by Crippen LogP contribution is 2.25. The van der Waals surface area contributed by atoms with Crippen molar-refractivity contribution in [3.05, 3.63) is 71.0 Å². The Hall–Kier alpha value is -3.26. The molecule has 176 valence electrons. The Bertz CT molecular complexity index is 1030. The lowest BCUT2D eigenvalue weighted by atomic mass is 9.91. The Kier molecular flexibility index (Phi) is 7.48. The normalized spacial score (nSPS) is 16.1. The van der Waals surface area contributed by atoms with Crippen LogP contribution < -0.4 is 11.1 Å². The van der Waals surface area contributed by atoms with Crippen molar-refractivity contribution in [3.8, 4) is 0 Å². The van der Waals surface area contributed by atoms with Crippen LogP contribution >= 0.6 is 0 Å². The van der Waals surface area contributed by atoms with E-state index in [4.69, 9.17) is 5.73 Å². The largest absolute Gasteiger partial charge is 0.349 e. The van der Waals surface area contributed by atoms with Gasteiger partial charge in [0.1, 0.15) is 5.82 Å². The van der Waals surface area contributed by atoms with Crippen molar-refractivity contribution in [2.45, 2.75) is 46.4 Å². The number of carbonyl (C=O) groups is 3. The van der Waals surface area contributed by atoms with E-state index in [0.717, 1.165) is 17.2 Å². The molecule has 1 aliphatic heterocycles. The topological polar surface area (TPSA) is 95.7 Å². The van der Waals surface area contributed by atoms with Gasteiger partial charge in [-0.1, -0.05) is 51.1 Å². The lowest BCUT2D eigenvalue weighted by Crippen LogP contribution is -2.54. The zero-order chi connectivity index (χ0) is 24.2. The summed E-state index contributed by atoms with van der Waals surface area (Å²) in [5.41, 5.74) is 7.35. The summed E-state index contributed by atoms with van der Waals surface area (Å²) in [5.74, 6) is -1.70. The molecule has 0 aromatic heterocycles. The van der Waals surface area contributed by atoms with E-state index in [1.165, 1.54) is 28.0 Å². The van der Waals surface area contributed by atoms with Crippen LogP contribution in [0.5, 0.6) is 0 Å². The summed E-state index contributed by atoms with van der Waals surface area (Å²) in [6.07, 6.45) is -0.870. The van der Waals surface area contributed by atoms with Crippen LogP contribution in [0.1, 0.15) is 48.7 Å². The molecule has 8 heteroatoms. The van der Waals surface area contributed by atoms with Gasteiger partial charge in [0.05, 0.1) is 0 Å². The van der Waals surface area contributed by atoms with Crippen molar-refractivity contribution in [1.82, 2.24) is 15.1 Å². The van der Waals surface area contributed by atoms with Gasteiger partial charge in [-0.15, -0.1) is 0 Å². The number of rotatable bonds is 6. The molecule has 0 aliphatic carbocycles. The fourth-order valence-corrected chi connectivity index (χ4v) is 3.87. The monoisotopic (exact) mass is 454 g/mol. The summed E-state index contributed by atoms with van der Waals surface area (Å²) in [6.45, 7) is 6.85. The smallest absolute Gasteiger partial charge is 0.264 e. The van der Waals surface area contributed by atoms with E-state index < -0.39 is 23.8 Å². The fraction of sp³-hybridized carbons (Fsp3) is 0.400. The number of carbonyl (C=O) groups excluding carboxylic acids is 3. The summed E-state index contributed by atoms with van der Waals surface area (Å²) >= 11 is 0. The van der Waals surface area contributed by atoms with Crippen LogP contribution in [0, 0.1) is 11.2 Å². The number of nitrogens with two attached hydrogens (primary N) is 1. The van der Waals surface area contributed by atoms with Crippen LogP contribution in [0.2, 0.25) is 0 Å². The predicted octanol–water partition coefficient (Wildman–Crippen LogP) is 2.65. The highest BCUT2D eigenvalue weighted by molar-refractivity contribution is 5.99. The van der Waals surface area contributed by atoms with E-state index in [0.29, 0.717) is 6.54 Å². The average molecular weight is 455 g/mol. The lowest BCUT2D eigenvalue weighted by Gasteiger charge is -2.31. The van der Waals surface area contributed by atoms with Crippen LogP contribution in [0.4, 0.5) is 4.39 Å². The van der Waals surface area contributed by atoms with E-state index in [1.807, 2.05) is 45.0 Å². The number of hydrogen-bond donors (Lipinski definition) is 2. The number of hydrogen-bond acceptors (Lipinski definition) is 4. The first-order valence-electron chi connectivity index (χ1n) is 11.0. The molecule has 3 N–H and O–H groups in total. The van der Waals surface area contributed by atoms with Gasteiger partial charge in [-0.3, -0.25) is 14.4 Å². The van der Waals surface area contributed by atoms with E-state index in [1.54, 1.807) is 0 Å². The van der Waals surface area contributed by atoms with Crippen LogP contribution in [0.15, 0.2) is 48.5 Å². The van der Waals surface area contributed by atoms with Gasteiger partial charge >= 0.3 is 0 Å². The van der Waals surface area contributed by atoms with Gasteiger partial charge in [0.15, 0.2) is 6.17 Å². The van der Waals surface area contributed by atoms with Crippen LogP contribution in [-0.4, -0.2) is 46.8 Å². The molecule has 2 aromatic carbocycles. The highest BCUT2D eigenvalue weighted by atomic mass is 19.1. The third kappa shape index (κ3) is 6.16. The number of halogens is 1. The summed E-state index contributed by atoms with van der Waals surface area (Å²) in [5, 5.41) is 2.85. The second-order valence-corrected chi connectivity index (χ2v) is 9.45. The Morgan fingerprint density at radius 3 is 2.36 bits per heavy atom. The van der Waals surface area contributed by atoms with Crippen molar-refractivity contribution in [2.24, 2.45) is 11.1 Å². The molecule has 7 nitrogen and oxygen atoms in total. The standard InChI is InChI=1S/C25H31FN4O3/c1-25(2,3)14-21(31)29-10-11-30(24(33)19-8-5-9-20(26)13-19)23(29)22(32)28-16-18-7-4-6-17(12-18)15-27/h4-9,12-13,23H,10-11,14-16,27H2,1-3H3,(H,28,32). The van der Waals surface area contributed by atoms with Gasteiger partial charge in [0, 0.05) is 38.2 Å². The highest BCUT2D eigenvalue weighted by Gasteiger charge is 2.43. The average Bonchev–Trinajstić information content (AvgIpc) is 3.21. The lowest BCUT2D eigenvalue weighted by molar-refractivity contribution is -0.142. The number of amides is 3. The van der Waals surface area contributed by atoms with E-state index in [2.05, 4.69) is 5.32 Å². The first-order valence-corrected chi connectivity index (χ1v) is 11.0. The fourth-order valence-electron chi connectivity index (χ4n) is 3.87. The molecule has 3 rings (SSSR count). The number of nitrogens with zero attached hydrogens (tertiary/aromatic N) is 2. The molecule has 1 unspecified atom stereocenters. The van der Waals surface area contributed by atoms with Gasteiger partial charge in [0.25, 0.3) is 11.8 Å². The number of benzene rings is 2. The molecular weight excluding hydrogens is 423 g/mol. The maximum absolute atomic E-state index is 13.7. The van der Waals surface area contributed by atoms with Crippen LogP contribution in [0.3, 0.4) is 0 Å². The minimum Gasteiger partial charge on any atom is -0.349 e. The van der Waals surface area contributed by atoms with Gasteiger partial charge in [0.2, 0.25) is 5.91 Å².